The summed E-state index contributed by atoms with van der Waals surface area (Å²) in [4.78, 5) is 0. The molecular weight excluding hydrogens is 210 g/mol. The van der Waals surface area contributed by atoms with E-state index in [1.54, 1.807) is 0 Å². The highest BCUT2D eigenvalue weighted by atomic mass is 32.1. The Bertz CT molecular complexity index is 513. The molecule has 2 aromatic heterocycles. The molecule has 2 heterocycles. The summed E-state index contributed by atoms with van der Waals surface area (Å²) in [5.74, 6) is 0.797. The molecule has 0 saturated carbocycles. The molecule has 2 aromatic rings. The van der Waals surface area contributed by atoms with Crippen LogP contribution in [0.15, 0.2) is 6.07 Å². The average molecular weight is 223 g/mol. The Hall–Kier alpha value is -1.43. The highest BCUT2D eigenvalue weighted by Crippen LogP contribution is 2.16. The third-order valence-corrected chi connectivity index (χ3v) is 2.73. The van der Waals surface area contributed by atoms with Gasteiger partial charge in [0.2, 0.25) is 0 Å². The van der Waals surface area contributed by atoms with Gasteiger partial charge in [0.05, 0.1) is 0 Å². The van der Waals surface area contributed by atoms with Crippen molar-refractivity contribution in [1.82, 2.24) is 24.5 Å². The van der Waals surface area contributed by atoms with Crippen LogP contribution in [0.3, 0.4) is 0 Å². The van der Waals surface area contributed by atoms with E-state index < -0.39 is 0 Å². The van der Waals surface area contributed by atoms with Crippen molar-refractivity contribution in [1.29, 1.82) is 0 Å². The summed E-state index contributed by atoms with van der Waals surface area (Å²) in [5.41, 5.74) is 1.95. The molecular formula is C9H13N5S. The second-order valence-electron chi connectivity index (χ2n) is 3.39. The van der Waals surface area contributed by atoms with Gasteiger partial charge in [0.1, 0.15) is 5.69 Å². The van der Waals surface area contributed by atoms with Gasteiger partial charge in [-0.05, 0) is 32.1 Å². The summed E-state index contributed by atoms with van der Waals surface area (Å²) in [5, 5.41) is 11.3. The van der Waals surface area contributed by atoms with Crippen molar-refractivity contribution < 1.29 is 0 Å². The van der Waals surface area contributed by atoms with Crippen LogP contribution in [0.1, 0.15) is 12.6 Å². The molecule has 15 heavy (non-hydrogen) atoms. The molecule has 0 atom stereocenters. The number of H-pyrrole nitrogens is 1. The van der Waals surface area contributed by atoms with E-state index in [2.05, 4.69) is 15.3 Å². The first kappa shape index (κ1) is 10.1. The second kappa shape index (κ2) is 3.62. The van der Waals surface area contributed by atoms with Gasteiger partial charge in [-0.3, -0.25) is 14.3 Å². The van der Waals surface area contributed by atoms with Crippen molar-refractivity contribution in [2.75, 3.05) is 0 Å². The predicted octanol–water partition coefficient (Wildman–Crippen LogP) is 1.67. The maximum atomic E-state index is 5.12. The first-order valence-corrected chi connectivity index (χ1v) is 5.20. The number of hydrogen-bond donors (Lipinski definition) is 1. The number of rotatable bonds is 2. The lowest BCUT2D eigenvalue weighted by atomic mass is 10.3. The minimum Gasteiger partial charge on any atom is -0.299 e. The lowest BCUT2D eigenvalue weighted by molar-refractivity contribution is 0.726. The van der Waals surface area contributed by atoms with Crippen LogP contribution in [-0.2, 0) is 13.6 Å². The van der Waals surface area contributed by atoms with Gasteiger partial charge in [0.25, 0.3) is 0 Å². The summed E-state index contributed by atoms with van der Waals surface area (Å²) in [6.45, 7) is 4.83. The topological polar surface area (TPSA) is 51.4 Å². The molecule has 0 unspecified atom stereocenters. The maximum Gasteiger partial charge on any atom is 0.195 e. The lowest BCUT2D eigenvalue weighted by Gasteiger charge is -1.98. The fraction of sp³-hybridized carbons (Fsp3) is 0.444. The van der Waals surface area contributed by atoms with E-state index in [0.29, 0.717) is 4.77 Å². The van der Waals surface area contributed by atoms with Gasteiger partial charge in [0, 0.05) is 19.3 Å². The van der Waals surface area contributed by atoms with E-state index in [1.807, 2.05) is 36.2 Å². The molecule has 0 aliphatic heterocycles. The largest absolute Gasteiger partial charge is 0.299 e. The quantitative estimate of drug-likeness (QED) is 0.788. The standard InChI is InChI=1S/C9H13N5S/c1-4-14-8(10-11-9(14)15)7-5-6(2)13(3)12-7/h5H,4H2,1-3H3,(H,11,15). The van der Waals surface area contributed by atoms with Crippen LogP contribution in [0.4, 0.5) is 0 Å². The van der Waals surface area contributed by atoms with Gasteiger partial charge >= 0.3 is 0 Å². The van der Waals surface area contributed by atoms with Crippen molar-refractivity contribution in [3.05, 3.63) is 16.5 Å². The van der Waals surface area contributed by atoms with Crippen LogP contribution in [0.5, 0.6) is 0 Å². The molecule has 5 nitrogen and oxygen atoms in total. The van der Waals surface area contributed by atoms with Gasteiger partial charge in [-0.15, -0.1) is 0 Å². The van der Waals surface area contributed by atoms with E-state index >= 15 is 0 Å². The Labute approximate surface area is 92.7 Å². The van der Waals surface area contributed by atoms with Crippen LogP contribution in [0.25, 0.3) is 11.5 Å². The van der Waals surface area contributed by atoms with E-state index in [-0.39, 0.29) is 0 Å². The van der Waals surface area contributed by atoms with Crippen molar-refractivity contribution >= 4 is 12.2 Å². The Kier molecular flexibility index (Phi) is 2.44. The van der Waals surface area contributed by atoms with E-state index in [4.69, 9.17) is 12.2 Å². The molecule has 0 radical (unpaired) electrons. The van der Waals surface area contributed by atoms with Crippen LogP contribution in [0.2, 0.25) is 0 Å². The van der Waals surface area contributed by atoms with E-state index in [0.717, 1.165) is 23.8 Å². The van der Waals surface area contributed by atoms with Gasteiger partial charge < -0.3 is 0 Å². The van der Waals surface area contributed by atoms with Gasteiger partial charge in [-0.1, -0.05) is 0 Å². The molecule has 6 heteroatoms. The third-order valence-electron chi connectivity index (χ3n) is 2.42. The predicted molar refractivity (Wildman–Crippen MR) is 60.0 cm³/mol. The van der Waals surface area contributed by atoms with Crippen LogP contribution in [0, 0.1) is 11.7 Å². The Morgan fingerprint density at radius 1 is 1.53 bits per heavy atom. The highest BCUT2D eigenvalue weighted by molar-refractivity contribution is 7.71. The third kappa shape index (κ3) is 1.61. The SMILES string of the molecule is CCn1c(-c2cc(C)n(C)n2)n[nH]c1=S. The molecule has 80 valence electrons. The fourth-order valence-electron chi connectivity index (χ4n) is 1.48. The van der Waals surface area contributed by atoms with E-state index in [1.165, 1.54) is 0 Å². The number of nitrogens with one attached hydrogen (secondary N) is 1. The van der Waals surface area contributed by atoms with Crippen molar-refractivity contribution in [2.45, 2.75) is 20.4 Å². The number of aromatic nitrogens is 5. The van der Waals surface area contributed by atoms with Crippen LogP contribution >= 0.6 is 12.2 Å². The fourth-order valence-corrected chi connectivity index (χ4v) is 1.74. The molecule has 0 aliphatic carbocycles. The zero-order chi connectivity index (χ0) is 11.0. The number of nitrogens with zero attached hydrogens (tertiary/aromatic N) is 4. The maximum absolute atomic E-state index is 5.12. The van der Waals surface area contributed by atoms with Gasteiger partial charge in [-0.2, -0.15) is 10.2 Å². The molecule has 0 saturated heterocycles. The molecule has 0 bridgehead atoms. The van der Waals surface area contributed by atoms with Crippen LogP contribution in [-0.4, -0.2) is 24.5 Å². The van der Waals surface area contributed by atoms with Crippen molar-refractivity contribution in [2.24, 2.45) is 7.05 Å². The highest BCUT2D eigenvalue weighted by Gasteiger charge is 2.11. The second-order valence-corrected chi connectivity index (χ2v) is 3.78. The Balaban J connectivity index is 2.58. The van der Waals surface area contributed by atoms with E-state index in [9.17, 15) is 0 Å². The smallest absolute Gasteiger partial charge is 0.195 e. The normalized spacial score (nSPS) is 10.9. The zero-order valence-corrected chi connectivity index (χ0v) is 9.80. The molecule has 0 aliphatic rings. The average Bonchev–Trinajstić information content (AvgIpc) is 2.71. The first-order chi connectivity index (χ1) is 7.13. The van der Waals surface area contributed by atoms with Gasteiger partial charge in [-0.25, -0.2) is 0 Å². The zero-order valence-electron chi connectivity index (χ0n) is 8.98. The lowest BCUT2D eigenvalue weighted by Crippen LogP contribution is -1.99. The van der Waals surface area contributed by atoms with Gasteiger partial charge in [0.15, 0.2) is 10.6 Å². The molecule has 0 aromatic carbocycles. The van der Waals surface area contributed by atoms with Crippen LogP contribution < -0.4 is 0 Å². The van der Waals surface area contributed by atoms with Crippen molar-refractivity contribution in [3.63, 3.8) is 0 Å². The molecule has 1 N–H and O–H groups in total. The molecule has 2 rings (SSSR count). The molecule has 0 amide bonds. The monoisotopic (exact) mass is 223 g/mol. The number of aromatic amines is 1. The minimum atomic E-state index is 0.635. The summed E-state index contributed by atoms with van der Waals surface area (Å²) >= 11 is 5.12. The number of hydrogen-bond acceptors (Lipinski definition) is 3. The summed E-state index contributed by atoms with van der Waals surface area (Å²) < 4.78 is 4.39. The Morgan fingerprint density at radius 3 is 2.80 bits per heavy atom. The number of aryl methyl sites for hydroxylation is 2. The molecule has 0 fully saturated rings. The summed E-state index contributed by atoms with van der Waals surface area (Å²) in [7, 11) is 1.91. The summed E-state index contributed by atoms with van der Waals surface area (Å²) in [6, 6.07) is 2.00. The summed E-state index contributed by atoms with van der Waals surface area (Å²) in [6.07, 6.45) is 0. The molecule has 0 spiro atoms. The first-order valence-electron chi connectivity index (χ1n) is 4.79. The van der Waals surface area contributed by atoms with Crippen molar-refractivity contribution in [3.8, 4) is 11.5 Å². The minimum absolute atomic E-state index is 0.635. The Morgan fingerprint density at radius 2 is 2.27 bits per heavy atom.